The third kappa shape index (κ3) is 2.94. The number of carbonyl (C=O) groups is 3. The molecule has 14 heavy (non-hydrogen) atoms. The van der Waals surface area contributed by atoms with Crippen molar-refractivity contribution in [2.24, 2.45) is 0 Å². The van der Waals surface area contributed by atoms with Crippen LogP contribution in [0.4, 0.5) is 0 Å². The van der Waals surface area contributed by atoms with Gasteiger partial charge in [-0.3, -0.25) is 9.59 Å². The summed E-state index contributed by atoms with van der Waals surface area (Å²) in [6.45, 7) is 4.92. The smallest absolute Gasteiger partial charge is 0.160 e. The summed E-state index contributed by atoms with van der Waals surface area (Å²) in [5, 5.41) is 0. The van der Waals surface area contributed by atoms with Crippen LogP contribution < -0.4 is 0 Å². The van der Waals surface area contributed by atoms with Gasteiger partial charge in [0.05, 0.1) is 0 Å². The molecule has 0 aliphatic heterocycles. The van der Waals surface area contributed by atoms with Gasteiger partial charge in [0.2, 0.25) is 0 Å². The van der Waals surface area contributed by atoms with E-state index in [2.05, 4.69) is 0 Å². The Kier molecular flexibility index (Phi) is 5.07. The molecular formula is C11H12O3. The van der Waals surface area contributed by atoms with Crippen LogP contribution in [0.2, 0.25) is 0 Å². The van der Waals surface area contributed by atoms with Gasteiger partial charge in [0.15, 0.2) is 11.6 Å². The van der Waals surface area contributed by atoms with E-state index in [1.54, 1.807) is 24.3 Å². The Balaban J connectivity index is 0.000000791. The standard InChI is InChI=1S/C10H10O2.CH2O/c1-7(11)9-5-3-4-6-10(9)8(2)12;1-2/h3-6H,1-2H3;1H2. The Bertz CT molecular complexity index is 309. The summed E-state index contributed by atoms with van der Waals surface area (Å²) in [7, 11) is 0. The van der Waals surface area contributed by atoms with Crippen LogP contribution in [0.1, 0.15) is 34.6 Å². The predicted octanol–water partition coefficient (Wildman–Crippen LogP) is 1.91. The van der Waals surface area contributed by atoms with Crippen molar-refractivity contribution in [3.8, 4) is 0 Å². The zero-order chi connectivity index (χ0) is 11.1. The summed E-state index contributed by atoms with van der Waals surface area (Å²) in [6, 6.07) is 6.84. The number of ketones is 2. The Hall–Kier alpha value is -1.77. The molecule has 0 bridgehead atoms. The van der Waals surface area contributed by atoms with E-state index >= 15 is 0 Å². The largest absolute Gasteiger partial charge is 0.307 e. The molecule has 0 N–H and O–H groups in total. The third-order valence-corrected chi connectivity index (χ3v) is 1.69. The Morgan fingerprint density at radius 3 is 1.43 bits per heavy atom. The lowest BCUT2D eigenvalue weighted by atomic mass is 10.0. The van der Waals surface area contributed by atoms with E-state index in [9.17, 15) is 9.59 Å². The van der Waals surface area contributed by atoms with Gasteiger partial charge in [0.25, 0.3) is 0 Å². The summed E-state index contributed by atoms with van der Waals surface area (Å²) in [5.74, 6) is -0.137. The van der Waals surface area contributed by atoms with E-state index in [0.29, 0.717) is 11.1 Å². The SMILES string of the molecule is C=O.CC(=O)c1ccccc1C(C)=O. The average molecular weight is 192 g/mol. The molecule has 0 aromatic heterocycles. The lowest BCUT2D eigenvalue weighted by molar-refractivity contribution is -0.0980. The lowest BCUT2D eigenvalue weighted by Crippen LogP contribution is -2.02. The topological polar surface area (TPSA) is 51.2 Å². The molecule has 1 rings (SSSR count). The van der Waals surface area contributed by atoms with E-state index in [1.807, 2.05) is 6.79 Å². The summed E-state index contributed by atoms with van der Waals surface area (Å²) in [4.78, 5) is 30.0. The summed E-state index contributed by atoms with van der Waals surface area (Å²) < 4.78 is 0. The number of carbonyl (C=O) groups excluding carboxylic acids is 3. The lowest BCUT2D eigenvalue weighted by Gasteiger charge is -2.00. The van der Waals surface area contributed by atoms with Crippen LogP contribution in [0.3, 0.4) is 0 Å². The first-order valence-corrected chi connectivity index (χ1v) is 4.02. The van der Waals surface area contributed by atoms with Crippen molar-refractivity contribution in [1.82, 2.24) is 0 Å². The first-order valence-electron chi connectivity index (χ1n) is 4.02. The van der Waals surface area contributed by atoms with Crippen molar-refractivity contribution in [2.45, 2.75) is 13.8 Å². The van der Waals surface area contributed by atoms with Gasteiger partial charge in [-0.15, -0.1) is 0 Å². The van der Waals surface area contributed by atoms with Gasteiger partial charge < -0.3 is 4.79 Å². The van der Waals surface area contributed by atoms with Crippen LogP contribution in [0, 0.1) is 0 Å². The minimum atomic E-state index is -0.0687. The van der Waals surface area contributed by atoms with E-state index in [-0.39, 0.29) is 11.6 Å². The van der Waals surface area contributed by atoms with Gasteiger partial charge in [0, 0.05) is 11.1 Å². The van der Waals surface area contributed by atoms with Crippen molar-refractivity contribution >= 4 is 18.4 Å². The minimum absolute atomic E-state index is 0.0687. The fourth-order valence-electron chi connectivity index (χ4n) is 1.10. The Morgan fingerprint density at radius 1 is 0.929 bits per heavy atom. The molecule has 1 aromatic rings. The van der Waals surface area contributed by atoms with Crippen LogP contribution in [-0.4, -0.2) is 18.4 Å². The monoisotopic (exact) mass is 192 g/mol. The molecule has 1 aromatic carbocycles. The minimum Gasteiger partial charge on any atom is -0.307 e. The molecule has 0 saturated carbocycles. The Labute approximate surface area is 82.7 Å². The fourth-order valence-corrected chi connectivity index (χ4v) is 1.10. The normalized spacial score (nSPS) is 8.43. The van der Waals surface area contributed by atoms with E-state index in [4.69, 9.17) is 4.79 Å². The fraction of sp³-hybridized carbons (Fsp3) is 0.182. The van der Waals surface area contributed by atoms with Crippen LogP contribution in [0.5, 0.6) is 0 Å². The summed E-state index contributed by atoms with van der Waals surface area (Å²) in [6.07, 6.45) is 0. The molecule has 0 spiro atoms. The molecule has 0 unspecified atom stereocenters. The molecule has 0 aliphatic rings. The number of benzene rings is 1. The molecule has 0 aliphatic carbocycles. The molecular weight excluding hydrogens is 180 g/mol. The molecule has 3 nitrogen and oxygen atoms in total. The van der Waals surface area contributed by atoms with Gasteiger partial charge in [0.1, 0.15) is 6.79 Å². The van der Waals surface area contributed by atoms with E-state index < -0.39 is 0 Å². The molecule has 0 fully saturated rings. The second-order valence-electron chi connectivity index (χ2n) is 2.66. The van der Waals surface area contributed by atoms with E-state index in [1.165, 1.54) is 13.8 Å². The van der Waals surface area contributed by atoms with Crippen LogP contribution in [0.15, 0.2) is 24.3 Å². The maximum Gasteiger partial charge on any atom is 0.160 e. The predicted molar refractivity (Wildman–Crippen MR) is 53.6 cm³/mol. The van der Waals surface area contributed by atoms with Gasteiger partial charge in [-0.1, -0.05) is 24.3 Å². The zero-order valence-corrected chi connectivity index (χ0v) is 8.24. The van der Waals surface area contributed by atoms with Gasteiger partial charge in [-0.05, 0) is 13.8 Å². The van der Waals surface area contributed by atoms with E-state index in [0.717, 1.165) is 0 Å². The molecule has 0 heterocycles. The number of Topliss-reactive ketones (excluding diaryl/α,β-unsaturated/α-hetero) is 2. The highest BCUT2D eigenvalue weighted by Crippen LogP contribution is 2.09. The second kappa shape index (κ2) is 5.80. The van der Waals surface area contributed by atoms with Crippen LogP contribution in [0.25, 0.3) is 0 Å². The number of rotatable bonds is 2. The molecule has 3 heteroatoms. The Morgan fingerprint density at radius 2 is 1.21 bits per heavy atom. The van der Waals surface area contributed by atoms with Crippen LogP contribution in [-0.2, 0) is 4.79 Å². The van der Waals surface area contributed by atoms with Crippen molar-refractivity contribution < 1.29 is 14.4 Å². The highest BCUT2D eigenvalue weighted by atomic mass is 16.1. The number of hydrogen-bond donors (Lipinski definition) is 0. The highest BCUT2D eigenvalue weighted by molar-refractivity contribution is 6.07. The molecule has 74 valence electrons. The third-order valence-electron chi connectivity index (χ3n) is 1.69. The quantitative estimate of drug-likeness (QED) is 0.672. The maximum atomic E-state index is 11.0. The maximum absolute atomic E-state index is 11.0. The van der Waals surface area contributed by atoms with Gasteiger partial charge in [-0.25, -0.2) is 0 Å². The molecule has 0 radical (unpaired) electrons. The van der Waals surface area contributed by atoms with Crippen molar-refractivity contribution in [1.29, 1.82) is 0 Å². The molecule has 0 amide bonds. The van der Waals surface area contributed by atoms with Crippen molar-refractivity contribution in [3.63, 3.8) is 0 Å². The second-order valence-corrected chi connectivity index (χ2v) is 2.66. The van der Waals surface area contributed by atoms with Crippen molar-refractivity contribution in [2.75, 3.05) is 0 Å². The van der Waals surface area contributed by atoms with Gasteiger partial charge >= 0.3 is 0 Å². The summed E-state index contributed by atoms with van der Waals surface area (Å²) >= 11 is 0. The zero-order valence-electron chi connectivity index (χ0n) is 8.24. The first-order chi connectivity index (χ1) is 6.63. The molecule has 0 atom stereocenters. The van der Waals surface area contributed by atoms with Crippen LogP contribution >= 0.6 is 0 Å². The van der Waals surface area contributed by atoms with Crippen molar-refractivity contribution in [3.05, 3.63) is 35.4 Å². The summed E-state index contributed by atoms with van der Waals surface area (Å²) in [5.41, 5.74) is 1.01. The van der Waals surface area contributed by atoms with Gasteiger partial charge in [-0.2, -0.15) is 0 Å². The molecule has 0 saturated heterocycles. The first kappa shape index (κ1) is 12.2. The highest BCUT2D eigenvalue weighted by Gasteiger charge is 2.08. The number of hydrogen-bond acceptors (Lipinski definition) is 3. The average Bonchev–Trinajstić information content (AvgIpc) is 2.20.